The van der Waals surface area contributed by atoms with Crippen LogP contribution in [0.25, 0.3) is 0 Å². The lowest BCUT2D eigenvalue weighted by Gasteiger charge is -2.17. The van der Waals surface area contributed by atoms with E-state index in [0.29, 0.717) is 0 Å². The van der Waals surface area contributed by atoms with E-state index in [1.807, 2.05) is 0 Å². The highest BCUT2D eigenvalue weighted by Gasteiger charge is 2.49. The van der Waals surface area contributed by atoms with Gasteiger partial charge < -0.3 is 9.84 Å². The van der Waals surface area contributed by atoms with Gasteiger partial charge in [-0.1, -0.05) is 0 Å². The summed E-state index contributed by atoms with van der Waals surface area (Å²) >= 11 is 0. The van der Waals surface area contributed by atoms with Gasteiger partial charge in [0, 0.05) is 24.3 Å². The molecule has 26 heavy (non-hydrogen) atoms. The summed E-state index contributed by atoms with van der Waals surface area (Å²) < 4.78 is 71.3. The van der Waals surface area contributed by atoms with E-state index in [9.17, 15) is 26.7 Å². The van der Waals surface area contributed by atoms with Crippen LogP contribution in [0, 0.1) is 17.1 Å². The molecule has 9 heteroatoms. The topological polar surface area (TPSA) is 87.4 Å². The van der Waals surface area contributed by atoms with Crippen molar-refractivity contribution in [3.05, 3.63) is 52.8 Å². The molecule has 0 saturated heterocycles. The molecular formula is C17H12F3NO4S. The van der Waals surface area contributed by atoms with Gasteiger partial charge in [0.25, 0.3) is 5.92 Å². The first-order chi connectivity index (χ1) is 12.0. The number of hydrogen-bond acceptors (Lipinski definition) is 5. The molecule has 0 bridgehead atoms. The highest BCUT2D eigenvalue weighted by Crippen LogP contribution is 2.53. The highest BCUT2D eigenvalue weighted by atomic mass is 32.2. The number of nitriles is 1. The van der Waals surface area contributed by atoms with Crippen LogP contribution in [-0.2, 0) is 15.8 Å². The molecule has 1 N–H and O–H groups in total. The minimum Gasteiger partial charge on any atom is -0.457 e. The maximum Gasteiger partial charge on any atom is 0.280 e. The van der Waals surface area contributed by atoms with Crippen molar-refractivity contribution in [2.24, 2.45) is 0 Å². The van der Waals surface area contributed by atoms with Crippen molar-refractivity contribution in [1.29, 1.82) is 5.26 Å². The van der Waals surface area contributed by atoms with Gasteiger partial charge in [0.1, 0.15) is 17.3 Å². The number of aliphatic hydroxyl groups is 1. The Morgan fingerprint density at radius 3 is 2.62 bits per heavy atom. The van der Waals surface area contributed by atoms with Crippen LogP contribution in [0.15, 0.2) is 35.2 Å². The van der Waals surface area contributed by atoms with Crippen LogP contribution in [0.5, 0.6) is 11.5 Å². The van der Waals surface area contributed by atoms with Crippen LogP contribution in [0.2, 0.25) is 0 Å². The van der Waals surface area contributed by atoms with Gasteiger partial charge in [-0.3, -0.25) is 0 Å². The molecule has 3 rings (SSSR count). The maximum absolute atomic E-state index is 14.4. The van der Waals surface area contributed by atoms with Crippen molar-refractivity contribution < 1.29 is 31.4 Å². The summed E-state index contributed by atoms with van der Waals surface area (Å²) in [6.07, 6.45) is -1.83. The lowest BCUT2D eigenvalue weighted by atomic mass is 10.1. The van der Waals surface area contributed by atoms with Gasteiger partial charge >= 0.3 is 0 Å². The Labute approximate surface area is 147 Å². The van der Waals surface area contributed by atoms with Crippen LogP contribution < -0.4 is 4.74 Å². The number of hydrogen-bond donors (Lipinski definition) is 1. The predicted octanol–water partition coefficient (Wildman–Crippen LogP) is 3.42. The van der Waals surface area contributed by atoms with E-state index in [1.54, 1.807) is 6.07 Å². The number of fused-ring (bicyclic) bond motifs is 1. The van der Waals surface area contributed by atoms with Gasteiger partial charge in [-0.2, -0.15) is 5.26 Å². The van der Waals surface area contributed by atoms with Gasteiger partial charge in [0.05, 0.1) is 28.2 Å². The number of nitrogens with zero attached hydrogens (tertiary/aromatic N) is 1. The minimum absolute atomic E-state index is 0.0730. The summed E-state index contributed by atoms with van der Waals surface area (Å²) in [5, 5.41) is 18.8. The Hall–Kier alpha value is -2.57. The molecule has 0 fully saturated rings. The van der Waals surface area contributed by atoms with Gasteiger partial charge in [0.2, 0.25) is 0 Å². The third kappa shape index (κ3) is 3.13. The maximum atomic E-state index is 14.4. The standard InChI is InChI=1S/C17H12F3NO4S/c1-26(23,24)14-3-2-13(16-15(14)12(22)7-17(16,19)20)25-11-5-9(8-21)4-10(18)6-11/h2-6,12,22H,7H2,1H3. The number of benzene rings is 2. The van der Waals surface area contributed by atoms with Crippen molar-refractivity contribution in [2.75, 3.05) is 6.26 Å². The van der Waals surface area contributed by atoms with Crippen LogP contribution in [-0.4, -0.2) is 19.8 Å². The van der Waals surface area contributed by atoms with Gasteiger partial charge in [-0.05, 0) is 24.3 Å². The Balaban J connectivity index is 2.19. The molecule has 0 radical (unpaired) electrons. The van der Waals surface area contributed by atoms with E-state index in [1.165, 1.54) is 0 Å². The number of aliphatic hydroxyl groups excluding tert-OH is 1. The van der Waals surface area contributed by atoms with E-state index >= 15 is 0 Å². The van der Waals surface area contributed by atoms with E-state index < -0.39 is 55.9 Å². The molecular weight excluding hydrogens is 371 g/mol. The molecule has 2 aromatic rings. The smallest absolute Gasteiger partial charge is 0.280 e. The third-order valence-electron chi connectivity index (χ3n) is 3.94. The molecule has 1 aliphatic carbocycles. The number of ether oxygens (including phenoxy) is 1. The Morgan fingerprint density at radius 1 is 1.31 bits per heavy atom. The fourth-order valence-electron chi connectivity index (χ4n) is 2.96. The number of rotatable bonds is 3. The minimum atomic E-state index is -3.87. The quantitative estimate of drug-likeness (QED) is 0.878. The lowest BCUT2D eigenvalue weighted by molar-refractivity contribution is -0.0306. The zero-order valence-corrected chi connectivity index (χ0v) is 14.1. The van der Waals surface area contributed by atoms with Gasteiger partial charge in [0.15, 0.2) is 9.84 Å². The summed E-state index contributed by atoms with van der Waals surface area (Å²) in [5.41, 5.74) is -1.25. The number of sulfone groups is 1. The average Bonchev–Trinajstić information content (AvgIpc) is 2.76. The van der Waals surface area contributed by atoms with E-state index in [4.69, 9.17) is 10.00 Å². The summed E-state index contributed by atoms with van der Waals surface area (Å²) in [4.78, 5) is -0.415. The molecule has 0 aromatic heterocycles. The molecule has 0 saturated carbocycles. The molecule has 5 nitrogen and oxygen atoms in total. The Kier molecular flexibility index (Phi) is 4.21. The van der Waals surface area contributed by atoms with E-state index in [-0.39, 0.29) is 11.3 Å². The summed E-state index contributed by atoms with van der Waals surface area (Å²) in [6, 6.07) is 6.80. The van der Waals surface area contributed by atoms with Crippen LogP contribution >= 0.6 is 0 Å². The lowest BCUT2D eigenvalue weighted by Crippen LogP contribution is -2.11. The van der Waals surface area contributed by atoms with Gasteiger partial charge in [-0.15, -0.1) is 0 Å². The van der Waals surface area contributed by atoms with Gasteiger partial charge in [-0.25, -0.2) is 21.6 Å². The zero-order valence-electron chi connectivity index (χ0n) is 13.3. The number of halogens is 3. The Bertz CT molecular complexity index is 1040. The Morgan fingerprint density at radius 2 is 2.00 bits per heavy atom. The summed E-state index contributed by atoms with van der Waals surface area (Å²) in [7, 11) is -3.87. The van der Waals surface area contributed by atoms with Crippen molar-refractivity contribution in [3.8, 4) is 17.6 Å². The first kappa shape index (κ1) is 18.2. The second-order valence-corrected chi connectivity index (χ2v) is 7.92. The second kappa shape index (κ2) is 6.00. The third-order valence-corrected chi connectivity index (χ3v) is 5.10. The van der Waals surface area contributed by atoms with Crippen LogP contribution in [0.4, 0.5) is 13.2 Å². The molecule has 0 amide bonds. The monoisotopic (exact) mass is 383 g/mol. The molecule has 1 aliphatic rings. The largest absolute Gasteiger partial charge is 0.457 e. The molecule has 136 valence electrons. The second-order valence-electron chi connectivity index (χ2n) is 5.94. The van der Waals surface area contributed by atoms with Crippen molar-refractivity contribution in [2.45, 2.75) is 23.3 Å². The SMILES string of the molecule is CS(=O)(=O)c1ccc(Oc2cc(F)cc(C#N)c2)c2c1C(O)CC2(F)F. The molecule has 0 spiro atoms. The van der Waals surface area contributed by atoms with Crippen molar-refractivity contribution in [3.63, 3.8) is 0 Å². The van der Waals surface area contributed by atoms with Crippen LogP contribution in [0.3, 0.4) is 0 Å². The average molecular weight is 383 g/mol. The van der Waals surface area contributed by atoms with Crippen LogP contribution in [0.1, 0.15) is 29.2 Å². The summed E-state index contributed by atoms with van der Waals surface area (Å²) in [5.74, 6) is -4.94. The summed E-state index contributed by atoms with van der Waals surface area (Å²) in [6.45, 7) is 0. The predicted molar refractivity (Wildman–Crippen MR) is 84.2 cm³/mol. The highest BCUT2D eigenvalue weighted by molar-refractivity contribution is 7.90. The zero-order chi connectivity index (χ0) is 19.3. The fourth-order valence-corrected chi connectivity index (χ4v) is 3.91. The van der Waals surface area contributed by atoms with E-state index in [2.05, 4.69) is 0 Å². The first-order valence-electron chi connectivity index (χ1n) is 7.35. The normalized spacial score (nSPS) is 18.2. The molecule has 1 unspecified atom stereocenters. The first-order valence-corrected chi connectivity index (χ1v) is 9.24. The fraction of sp³-hybridized carbons (Fsp3) is 0.235. The van der Waals surface area contributed by atoms with E-state index in [0.717, 1.165) is 36.6 Å². The molecule has 1 atom stereocenters. The number of alkyl halides is 2. The molecule has 0 heterocycles. The van der Waals surface area contributed by atoms with Crippen molar-refractivity contribution >= 4 is 9.84 Å². The molecule has 0 aliphatic heterocycles. The molecule has 2 aromatic carbocycles. The van der Waals surface area contributed by atoms with Crippen molar-refractivity contribution in [1.82, 2.24) is 0 Å².